The highest BCUT2D eigenvalue weighted by Gasteiger charge is 2.41. The number of methoxy groups -OCH3 is 1. The number of ether oxygens (including phenoxy) is 3. The highest BCUT2D eigenvalue weighted by atomic mass is 16.5. The number of aryl methyl sites for hydroxylation is 2. The van der Waals surface area contributed by atoms with Crippen LogP contribution in [0.2, 0.25) is 0 Å². The second-order valence-corrected chi connectivity index (χ2v) is 8.52. The van der Waals surface area contributed by atoms with Crippen molar-refractivity contribution in [1.82, 2.24) is 0 Å². The van der Waals surface area contributed by atoms with Crippen LogP contribution in [0.3, 0.4) is 0 Å². The van der Waals surface area contributed by atoms with Crippen LogP contribution >= 0.6 is 0 Å². The largest absolute Gasteiger partial charge is 0.497 e. The average Bonchev–Trinajstić information content (AvgIpc) is 2.73. The van der Waals surface area contributed by atoms with Crippen LogP contribution in [-0.2, 0) is 14.9 Å². The van der Waals surface area contributed by atoms with Crippen molar-refractivity contribution in [2.24, 2.45) is 5.92 Å². The minimum Gasteiger partial charge on any atom is -0.497 e. The first-order chi connectivity index (χ1) is 14.4. The standard InChI is InChI=1S/C25H33NO4/c1-17(2)16-30-23-18(3)14-21(15-19(23)4)26-24(27)25(10-12-29-13-11-25)20-6-8-22(28-5)9-7-20/h6-9,14-15,17H,10-13,16H2,1-5H3,(H,26,27). The molecule has 0 aromatic heterocycles. The fourth-order valence-electron chi connectivity index (χ4n) is 4.03. The van der Waals surface area contributed by atoms with Gasteiger partial charge in [-0.2, -0.15) is 0 Å². The normalized spacial score (nSPS) is 15.7. The summed E-state index contributed by atoms with van der Waals surface area (Å²) in [6.07, 6.45) is 1.30. The van der Waals surface area contributed by atoms with E-state index in [1.165, 1.54) is 0 Å². The third kappa shape index (κ3) is 4.78. The van der Waals surface area contributed by atoms with Crippen LogP contribution in [0.25, 0.3) is 0 Å². The van der Waals surface area contributed by atoms with Gasteiger partial charge in [0, 0.05) is 18.9 Å². The average molecular weight is 412 g/mol. The van der Waals surface area contributed by atoms with Gasteiger partial charge in [0.25, 0.3) is 0 Å². The molecule has 1 heterocycles. The Bertz CT molecular complexity index is 844. The first kappa shape index (κ1) is 22.2. The summed E-state index contributed by atoms with van der Waals surface area (Å²) >= 11 is 0. The number of benzene rings is 2. The molecule has 0 aliphatic carbocycles. The lowest BCUT2D eigenvalue weighted by Gasteiger charge is -2.36. The van der Waals surface area contributed by atoms with Gasteiger partial charge in [-0.3, -0.25) is 4.79 Å². The van der Waals surface area contributed by atoms with Crippen molar-refractivity contribution >= 4 is 11.6 Å². The summed E-state index contributed by atoms with van der Waals surface area (Å²) in [5, 5.41) is 3.17. The molecule has 0 bridgehead atoms. The Labute approximate surface area is 179 Å². The molecular formula is C25H33NO4. The van der Waals surface area contributed by atoms with E-state index in [9.17, 15) is 4.79 Å². The van der Waals surface area contributed by atoms with Gasteiger partial charge in [0.2, 0.25) is 5.91 Å². The second kappa shape index (κ2) is 9.52. The van der Waals surface area contributed by atoms with Gasteiger partial charge in [0.05, 0.1) is 19.1 Å². The molecule has 0 unspecified atom stereocenters. The molecule has 5 nitrogen and oxygen atoms in total. The van der Waals surface area contributed by atoms with Gasteiger partial charge >= 0.3 is 0 Å². The number of hydrogen-bond donors (Lipinski definition) is 1. The third-order valence-corrected chi connectivity index (χ3v) is 5.70. The molecule has 1 amide bonds. The Morgan fingerprint density at radius 2 is 1.70 bits per heavy atom. The quantitative estimate of drug-likeness (QED) is 0.694. The molecule has 1 aliphatic heterocycles. The van der Waals surface area contributed by atoms with Crippen LogP contribution in [0.5, 0.6) is 11.5 Å². The van der Waals surface area contributed by atoms with E-state index in [2.05, 4.69) is 19.2 Å². The van der Waals surface area contributed by atoms with Crippen LogP contribution < -0.4 is 14.8 Å². The zero-order valence-corrected chi connectivity index (χ0v) is 18.7. The monoisotopic (exact) mass is 411 g/mol. The first-order valence-corrected chi connectivity index (χ1v) is 10.6. The van der Waals surface area contributed by atoms with Crippen LogP contribution in [0.15, 0.2) is 36.4 Å². The maximum Gasteiger partial charge on any atom is 0.235 e. The molecule has 1 saturated heterocycles. The summed E-state index contributed by atoms with van der Waals surface area (Å²) in [4.78, 5) is 13.5. The van der Waals surface area contributed by atoms with E-state index in [1.807, 2.05) is 50.2 Å². The summed E-state index contributed by atoms with van der Waals surface area (Å²) in [5.74, 6) is 2.15. The highest BCUT2D eigenvalue weighted by molar-refractivity contribution is 5.99. The van der Waals surface area contributed by atoms with Crippen LogP contribution in [0, 0.1) is 19.8 Å². The van der Waals surface area contributed by atoms with Gasteiger partial charge in [-0.05, 0) is 73.6 Å². The molecule has 5 heteroatoms. The Kier molecular flexibility index (Phi) is 7.03. The molecule has 162 valence electrons. The van der Waals surface area contributed by atoms with E-state index in [1.54, 1.807) is 7.11 Å². The van der Waals surface area contributed by atoms with Gasteiger partial charge < -0.3 is 19.5 Å². The topological polar surface area (TPSA) is 56.8 Å². The number of anilines is 1. The number of nitrogens with one attached hydrogen (secondary N) is 1. The fourth-order valence-corrected chi connectivity index (χ4v) is 4.03. The van der Waals surface area contributed by atoms with Crippen molar-refractivity contribution in [3.8, 4) is 11.5 Å². The summed E-state index contributed by atoms with van der Waals surface area (Å²) in [6, 6.07) is 11.8. The van der Waals surface area contributed by atoms with Crippen LogP contribution in [-0.4, -0.2) is 32.8 Å². The Morgan fingerprint density at radius 1 is 1.10 bits per heavy atom. The SMILES string of the molecule is COc1ccc(C2(C(=O)Nc3cc(C)c(OCC(C)C)c(C)c3)CCOCC2)cc1. The predicted molar refractivity (Wildman–Crippen MR) is 120 cm³/mol. The molecule has 3 rings (SSSR count). The lowest BCUT2D eigenvalue weighted by molar-refractivity contribution is -0.125. The number of hydrogen-bond acceptors (Lipinski definition) is 4. The van der Waals surface area contributed by atoms with Crippen LogP contribution in [0.4, 0.5) is 5.69 Å². The third-order valence-electron chi connectivity index (χ3n) is 5.70. The van der Waals surface area contributed by atoms with E-state index in [0.717, 1.165) is 33.9 Å². The van der Waals surface area contributed by atoms with Crippen molar-refractivity contribution in [3.05, 3.63) is 53.1 Å². The van der Waals surface area contributed by atoms with Gasteiger partial charge in [-0.1, -0.05) is 26.0 Å². The molecule has 2 aromatic carbocycles. The number of amides is 1. The summed E-state index contributed by atoms with van der Waals surface area (Å²) < 4.78 is 16.8. The minimum atomic E-state index is -0.612. The number of rotatable bonds is 7. The summed E-state index contributed by atoms with van der Waals surface area (Å²) in [5.41, 5.74) is 3.23. The second-order valence-electron chi connectivity index (χ2n) is 8.52. The van der Waals surface area contributed by atoms with Crippen molar-refractivity contribution in [1.29, 1.82) is 0 Å². The predicted octanol–water partition coefficient (Wildman–Crippen LogP) is 5.03. The van der Waals surface area contributed by atoms with Crippen molar-refractivity contribution < 1.29 is 19.0 Å². The molecule has 0 atom stereocenters. The first-order valence-electron chi connectivity index (χ1n) is 10.6. The lowest BCUT2D eigenvalue weighted by atomic mass is 9.73. The highest BCUT2D eigenvalue weighted by Crippen LogP contribution is 2.37. The molecule has 1 N–H and O–H groups in total. The van der Waals surface area contributed by atoms with Crippen molar-refractivity contribution in [3.63, 3.8) is 0 Å². The maximum atomic E-state index is 13.5. The van der Waals surface area contributed by atoms with E-state index in [-0.39, 0.29) is 5.91 Å². The number of carbonyl (C=O) groups excluding carboxylic acids is 1. The molecule has 0 spiro atoms. The van der Waals surface area contributed by atoms with Crippen molar-refractivity contribution in [2.75, 3.05) is 32.2 Å². The smallest absolute Gasteiger partial charge is 0.235 e. The molecule has 1 fully saturated rings. The summed E-state index contributed by atoms with van der Waals surface area (Å²) in [7, 11) is 1.64. The van der Waals surface area contributed by atoms with Crippen molar-refractivity contribution in [2.45, 2.75) is 46.0 Å². The minimum absolute atomic E-state index is 0.00520. The summed E-state index contributed by atoms with van der Waals surface area (Å²) in [6.45, 7) is 10.1. The molecular weight excluding hydrogens is 378 g/mol. The lowest BCUT2D eigenvalue weighted by Crippen LogP contribution is -2.44. The van der Waals surface area contributed by atoms with Gasteiger partial charge in [-0.25, -0.2) is 0 Å². The fraction of sp³-hybridized carbons (Fsp3) is 0.480. The molecule has 0 radical (unpaired) electrons. The maximum absolute atomic E-state index is 13.5. The molecule has 2 aromatic rings. The van der Waals surface area contributed by atoms with Gasteiger partial charge in [0.15, 0.2) is 0 Å². The zero-order chi connectivity index (χ0) is 21.7. The number of carbonyl (C=O) groups is 1. The molecule has 30 heavy (non-hydrogen) atoms. The van der Waals surface area contributed by atoms with Gasteiger partial charge in [-0.15, -0.1) is 0 Å². The Morgan fingerprint density at radius 3 is 2.23 bits per heavy atom. The Hall–Kier alpha value is -2.53. The van der Waals surface area contributed by atoms with Gasteiger partial charge in [0.1, 0.15) is 11.5 Å². The zero-order valence-electron chi connectivity index (χ0n) is 18.7. The molecule has 1 aliphatic rings. The Balaban J connectivity index is 1.85. The van der Waals surface area contributed by atoms with E-state index in [0.29, 0.717) is 38.6 Å². The molecule has 0 saturated carbocycles. The van der Waals surface area contributed by atoms with E-state index < -0.39 is 5.41 Å². The van der Waals surface area contributed by atoms with Crippen LogP contribution in [0.1, 0.15) is 43.4 Å². The van der Waals surface area contributed by atoms with E-state index >= 15 is 0 Å². The van der Waals surface area contributed by atoms with E-state index in [4.69, 9.17) is 14.2 Å².